The summed E-state index contributed by atoms with van der Waals surface area (Å²) in [6.07, 6.45) is 2.52. The maximum absolute atomic E-state index is 9.31. The largest absolute Gasteiger partial charge is 0.389 e. The average Bonchev–Trinajstić information content (AvgIpc) is 1.58. The van der Waals surface area contributed by atoms with E-state index in [0.29, 0.717) is 5.92 Å². The first kappa shape index (κ1) is 9.70. The fraction of sp³-hybridized carbons (Fsp3) is 0.778. The number of hydrogen-bond acceptors (Lipinski definition) is 1. The Labute approximate surface area is 63.8 Å². The Morgan fingerprint density at radius 1 is 1.40 bits per heavy atom. The van der Waals surface area contributed by atoms with E-state index in [1.165, 1.54) is 5.57 Å². The highest BCUT2D eigenvalue weighted by molar-refractivity contribution is 4.97. The fourth-order valence-electron chi connectivity index (χ4n) is 0.936. The molecule has 1 N–H and O–H groups in total. The quantitative estimate of drug-likeness (QED) is 0.600. The molecule has 0 rings (SSSR count). The highest BCUT2D eigenvalue weighted by atomic mass is 16.3. The zero-order valence-electron chi connectivity index (χ0n) is 7.39. The molecule has 0 aliphatic rings. The molecule has 60 valence electrons. The molecular weight excluding hydrogens is 124 g/mol. The van der Waals surface area contributed by atoms with Gasteiger partial charge in [-0.3, -0.25) is 0 Å². The smallest absolute Gasteiger partial charge is 0.0725 e. The molecule has 0 radical (unpaired) electrons. The molecule has 0 saturated heterocycles. The molecule has 10 heavy (non-hydrogen) atoms. The Balaban J connectivity index is 3.64. The van der Waals surface area contributed by atoms with E-state index in [1.807, 2.05) is 19.9 Å². The van der Waals surface area contributed by atoms with Crippen LogP contribution in [0.1, 0.15) is 34.1 Å². The van der Waals surface area contributed by atoms with Crippen LogP contribution in [0.2, 0.25) is 0 Å². The van der Waals surface area contributed by atoms with Crippen LogP contribution in [0, 0.1) is 5.92 Å². The first-order valence-corrected chi connectivity index (χ1v) is 3.85. The van der Waals surface area contributed by atoms with E-state index in [4.69, 9.17) is 0 Å². The molecule has 0 heterocycles. The van der Waals surface area contributed by atoms with Gasteiger partial charge in [0.1, 0.15) is 0 Å². The molecule has 0 aromatic heterocycles. The lowest BCUT2D eigenvalue weighted by molar-refractivity contribution is 0.194. The Bertz CT molecular complexity index is 110. The van der Waals surface area contributed by atoms with Gasteiger partial charge in [0.15, 0.2) is 0 Å². The summed E-state index contributed by atoms with van der Waals surface area (Å²) in [5.41, 5.74) is 1.19. The summed E-state index contributed by atoms with van der Waals surface area (Å²) in [5.74, 6) is 0.575. The van der Waals surface area contributed by atoms with Crippen LogP contribution in [-0.4, -0.2) is 11.2 Å². The summed E-state index contributed by atoms with van der Waals surface area (Å²) >= 11 is 0. The molecule has 0 aromatic rings. The molecular formula is C9H18O. The van der Waals surface area contributed by atoms with Crippen LogP contribution in [0.4, 0.5) is 0 Å². The monoisotopic (exact) mass is 142 g/mol. The van der Waals surface area contributed by atoms with Crippen LogP contribution in [0.3, 0.4) is 0 Å². The lowest BCUT2D eigenvalue weighted by Crippen LogP contribution is -2.06. The van der Waals surface area contributed by atoms with Crippen molar-refractivity contribution in [2.24, 2.45) is 5.92 Å². The molecule has 0 fully saturated rings. The van der Waals surface area contributed by atoms with Crippen LogP contribution >= 0.6 is 0 Å². The second-order valence-electron chi connectivity index (χ2n) is 3.44. The lowest BCUT2D eigenvalue weighted by atomic mass is 10.0. The number of rotatable bonds is 3. The van der Waals surface area contributed by atoms with Gasteiger partial charge in [-0.05, 0) is 26.2 Å². The molecule has 0 bridgehead atoms. The number of allylic oxidation sites excluding steroid dienone is 1. The molecule has 1 unspecified atom stereocenters. The van der Waals surface area contributed by atoms with Gasteiger partial charge in [-0.2, -0.15) is 0 Å². The Morgan fingerprint density at radius 2 is 1.90 bits per heavy atom. The van der Waals surface area contributed by atoms with E-state index in [2.05, 4.69) is 13.8 Å². The maximum atomic E-state index is 9.31. The van der Waals surface area contributed by atoms with Gasteiger partial charge in [0.2, 0.25) is 0 Å². The number of hydrogen-bond donors (Lipinski definition) is 1. The van der Waals surface area contributed by atoms with Gasteiger partial charge in [-0.15, -0.1) is 0 Å². The summed E-state index contributed by atoms with van der Waals surface area (Å²) in [5, 5.41) is 9.31. The van der Waals surface area contributed by atoms with Crippen molar-refractivity contribution in [3.8, 4) is 0 Å². The second-order valence-corrected chi connectivity index (χ2v) is 3.44. The summed E-state index contributed by atoms with van der Waals surface area (Å²) in [7, 11) is 0. The predicted octanol–water partition coefficient (Wildman–Crippen LogP) is 2.36. The Morgan fingerprint density at radius 3 is 2.20 bits per heavy atom. The molecule has 0 aromatic carbocycles. The summed E-state index contributed by atoms with van der Waals surface area (Å²) in [4.78, 5) is 0. The normalized spacial score (nSPS) is 13.4. The van der Waals surface area contributed by atoms with E-state index >= 15 is 0 Å². The SMILES string of the molecule is CC(C)=CC(O)CC(C)C. The van der Waals surface area contributed by atoms with E-state index in [9.17, 15) is 5.11 Å². The van der Waals surface area contributed by atoms with Crippen molar-refractivity contribution in [1.29, 1.82) is 0 Å². The van der Waals surface area contributed by atoms with E-state index < -0.39 is 0 Å². The van der Waals surface area contributed by atoms with Gasteiger partial charge in [0.05, 0.1) is 6.10 Å². The van der Waals surface area contributed by atoms with Crippen molar-refractivity contribution >= 4 is 0 Å². The minimum absolute atomic E-state index is 0.245. The van der Waals surface area contributed by atoms with Crippen LogP contribution in [0.5, 0.6) is 0 Å². The Hall–Kier alpha value is -0.300. The summed E-state index contributed by atoms with van der Waals surface area (Å²) < 4.78 is 0. The second kappa shape index (κ2) is 4.51. The van der Waals surface area contributed by atoms with E-state index in [-0.39, 0.29) is 6.10 Å². The summed E-state index contributed by atoms with van der Waals surface area (Å²) in [6, 6.07) is 0. The van der Waals surface area contributed by atoms with Gasteiger partial charge in [0, 0.05) is 0 Å². The summed E-state index contributed by atoms with van der Waals surface area (Å²) in [6.45, 7) is 8.23. The standard InChI is InChI=1S/C9H18O/c1-7(2)5-9(10)6-8(3)4/h5,8-10H,6H2,1-4H3. The third-order valence-electron chi connectivity index (χ3n) is 1.24. The van der Waals surface area contributed by atoms with Gasteiger partial charge < -0.3 is 5.11 Å². The first-order valence-electron chi connectivity index (χ1n) is 3.85. The first-order chi connectivity index (χ1) is 4.52. The van der Waals surface area contributed by atoms with Crippen LogP contribution < -0.4 is 0 Å². The number of aliphatic hydroxyl groups is 1. The van der Waals surface area contributed by atoms with Crippen molar-refractivity contribution in [1.82, 2.24) is 0 Å². The molecule has 0 amide bonds. The lowest BCUT2D eigenvalue weighted by Gasteiger charge is -2.08. The molecule has 0 aliphatic heterocycles. The maximum Gasteiger partial charge on any atom is 0.0725 e. The van der Waals surface area contributed by atoms with Gasteiger partial charge in [-0.1, -0.05) is 25.5 Å². The molecule has 0 saturated carbocycles. The minimum Gasteiger partial charge on any atom is -0.389 e. The highest BCUT2D eigenvalue weighted by Crippen LogP contribution is 2.06. The third-order valence-corrected chi connectivity index (χ3v) is 1.24. The van der Waals surface area contributed by atoms with Gasteiger partial charge in [0.25, 0.3) is 0 Å². The zero-order valence-corrected chi connectivity index (χ0v) is 7.39. The average molecular weight is 142 g/mol. The fourth-order valence-corrected chi connectivity index (χ4v) is 0.936. The minimum atomic E-state index is -0.245. The van der Waals surface area contributed by atoms with Crippen LogP contribution in [-0.2, 0) is 0 Å². The van der Waals surface area contributed by atoms with E-state index in [0.717, 1.165) is 6.42 Å². The van der Waals surface area contributed by atoms with Crippen molar-refractivity contribution < 1.29 is 5.11 Å². The molecule has 0 aliphatic carbocycles. The predicted molar refractivity (Wildman–Crippen MR) is 44.9 cm³/mol. The van der Waals surface area contributed by atoms with Crippen molar-refractivity contribution in [3.63, 3.8) is 0 Å². The van der Waals surface area contributed by atoms with Crippen molar-refractivity contribution in [3.05, 3.63) is 11.6 Å². The third kappa shape index (κ3) is 5.83. The molecule has 1 nitrogen and oxygen atoms in total. The van der Waals surface area contributed by atoms with Crippen molar-refractivity contribution in [2.75, 3.05) is 0 Å². The zero-order chi connectivity index (χ0) is 8.15. The Kier molecular flexibility index (Phi) is 4.37. The highest BCUT2D eigenvalue weighted by Gasteiger charge is 2.01. The molecule has 1 atom stereocenters. The van der Waals surface area contributed by atoms with Gasteiger partial charge >= 0.3 is 0 Å². The van der Waals surface area contributed by atoms with Crippen LogP contribution in [0.25, 0.3) is 0 Å². The van der Waals surface area contributed by atoms with Crippen LogP contribution in [0.15, 0.2) is 11.6 Å². The van der Waals surface area contributed by atoms with E-state index in [1.54, 1.807) is 0 Å². The molecule has 1 heteroatoms. The van der Waals surface area contributed by atoms with Gasteiger partial charge in [-0.25, -0.2) is 0 Å². The van der Waals surface area contributed by atoms with Crippen molar-refractivity contribution in [2.45, 2.75) is 40.2 Å². The molecule has 0 spiro atoms. The number of aliphatic hydroxyl groups excluding tert-OH is 1. The topological polar surface area (TPSA) is 20.2 Å².